The maximum atomic E-state index is 13.3. The lowest BCUT2D eigenvalue weighted by atomic mass is 10.00. The van der Waals surface area contributed by atoms with Crippen LogP contribution in [0.2, 0.25) is 0 Å². The van der Waals surface area contributed by atoms with Crippen LogP contribution in [0.4, 0.5) is 0 Å². The minimum absolute atomic E-state index is 0.143. The molecule has 1 atom stereocenters. The summed E-state index contributed by atoms with van der Waals surface area (Å²) in [5, 5.41) is 0.498. The Kier molecular flexibility index (Phi) is 5.45. The summed E-state index contributed by atoms with van der Waals surface area (Å²) in [5.41, 5.74) is 1.55. The molecule has 3 heterocycles. The third kappa shape index (κ3) is 3.44. The molecule has 0 N–H and O–H groups in total. The Balaban J connectivity index is 1.77. The third-order valence-electron chi connectivity index (χ3n) is 5.64. The van der Waals surface area contributed by atoms with Crippen LogP contribution >= 0.6 is 0 Å². The summed E-state index contributed by atoms with van der Waals surface area (Å²) in [4.78, 5) is 34.8. The van der Waals surface area contributed by atoms with Gasteiger partial charge in [0.25, 0.3) is 5.91 Å². The molecule has 1 amide bonds. The lowest BCUT2D eigenvalue weighted by Crippen LogP contribution is -2.33. The average molecular weight is 391 g/mol. The second-order valence-corrected chi connectivity index (χ2v) is 7.24. The van der Waals surface area contributed by atoms with E-state index < -0.39 is 6.04 Å². The van der Waals surface area contributed by atoms with E-state index in [0.717, 1.165) is 31.6 Å². The molecule has 1 aliphatic rings. The van der Waals surface area contributed by atoms with Crippen LogP contribution in [0, 0.1) is 0 Å². The lowest BCUT2D eigenvalue weighted by molar-refractivity contribution is 0.0720. The smallest absolute Gasteiger partial charge is 0.290 e. The molecular weight excluding hydrogens is 366 g/mol. The number of carbonyl (C=O) groups is 1. The number of pyridine rings is 1. The number of para-hydroxylation sites is 1. The number of hydrogen-bond acceptors (Lipinski definition) is 5. The Morgan fingerprint density at radius 1 is 1.10 bits per heavy atom. The minimum Gasteiger partial charge on any atom is -0.450 e. The summed E-state index contributed by atoms with van der Waals surface area (Å²) in [6, 6.07) is 10.4. The lowest BCUT2D eigenvalue weighted by Gasteiger charge is -2.26. The molecule has 0 saturated carbocycles. The average Bonchev–Trinajstić information content (AvgIpc) is 3.04. The number of rotatable bonds is 7. The zero-order valence-electron chi connectivity index (χ0n) is 16.8. The van der Waals surface area contributed by atoms with E-state index in [9.17, 15) is 9.59 Å². The molecule has 3 aromatic rings. The van der Waals surface area contributed by atoms with Crippen molar-refractivity contribution in [3.63, 3.8) is 0 Å². The Hall–Kier alpha value is -2.99. The van der Waals surface area contributed by atoms with Gasteiger partial charge in [-0.15, -0.1) is 0 Å². The van der Waals surface area contributed by atoms with Crippen molar-refractivity contribution in [2.24, 2.45) is 0 Å². The van der Waals surface area contributed by atoms with Crippen LogP contribution in [0.3, 0.4) is 0 Å². The van der Waals surface area contributed by atoms with Crippen LogP contribution in [0.15, 0.2) is 58.0 Å². The number of hydrogen-bond donors (Lipinski definition) is 0. The molecule has 0 bridgehead atoms. The van der Waals surface area contributed by atoms with E-state index in [0.29, 0.717) is 23.1 Å². The fraction of sp³-hybridized carbons (Fsp3) is 0.348. The van der Waals surface area contributed by atoms with E-state index in [1.807, 2.05) is 18.2 Å². The molecule has 0 unspecified atom stereocenters. The number of aromatic nitrogens is 1. The molecule has 1 aliphatic heterocycles. The number of carbonyl (C=O) groups excluding carboxylic acids is 1. The van der Waals surface area contributed by atoms with Gasteiger partial charge in [-0.05, 0) is 49.8 Å². The summed E-state index contributed by atoms with van der Waals surface area (Å²) in [6.07, 6.45) is 4.24. The van der Waals surface area contributed by atoms with Crippen molar-refractivity contribution >= 4 is 16.9 Å². The maximum absolute atomic E-state index is 13.3. The van der Waals surface area contributed by atoms with E-state index in [-0.39, 0.29) is 17.1 Å². The van der Waals surface area contributed by atoms with Gasteiger partial charge < -0.3 is 14.2 Å². The molecule has 6 heteroatoms. The van der Waals surface area contributed by atoms with Crippen molar-refractivity contribution in [1.82, 2.24) is 14.8 Å². The van der Waals surface area contributed by atoms with E-state index >= 15 is 0 Å². The van der Waals surface area contributed by atoms with Crippen LogP contribution in [0.5, 0.6) is 0 Å². The summed E-state index contributed by atoms with van der Waals surface area (Å²) in [7, 11) is 0. The van der Waals surface area contributed by atoms with E-state index in [1.54, 1.807) is 35.5 Å². The first-order valence-electron chi connectivity index (χ1n) is 10.1. The van der Waals surface area contributed by atoms with Gasteiger partial charge in [0.15, 0.2) is 5.43 Å². The van der Waals surface area contributed by atoms with Gasteiger partial charge in [-0.1, -0.05) is 32.0 Å². The molecule has 1 aromatic carbocycles. The first-order chi connectivity index (χ1) is 14.2. The van der Waals surface area contributed by atoms with E-state index in [4.69, 9.17) is 4.42 Å². The minimum atomic E-state index is -0.469. The van der Waals surface area contributed by atoms with Crippen LogP contribution in [0.1, 0.15) is 48.0 Å². The van der Waals surface area contributed by atoms with Gasteiger partial charge in [-0.3, -0.25) is 14.6 Å². The summed E-state index contributed by atoms with van der Waals surface area (Å²) < 4.78 is 5.93. The Labute approximate surface area is 169 Å². The van der Waals surface area contributed by atoms with Crippen molar-refractivity contribution in [2.75, 3.05) is 26.2 Å². The number of nitrogens with zero attached hydrogens (tertiary/aromatic N) is 3. The van der Waals surface area contributed by atoms with Gasteiger partial charge in [0.2, 0.25) is 5.76 Å². The first kappa shape index (κ1) is 19.3. The molecule has 0 fully saturated rings. The van der Waals surface area contributed by atoms with Crippen LogP contribution < -0.4 is 5.43 Å². The second-order valence-electron chi connectivity index (χ2n) is 7.24. The Bertz CT molecular complexity index is 1070. The molecule has 0 saturated heterocycles. The third-order valence-corrected chi connectivity index (χ3v) is 5.64. The van der Waals surface area contributed by atoms with Crippen molar-refractivity contribution < 1.29 is 9.21 Å². The normalized spacial score (nSPS) is 16.0. The van der Waals surface area contributed by atoms with Gasteiger partial charge >= 0.3 is 0 Å². The van der Waals surface area contributed by atoms with Gasteiger partial charge in [0, 0.05) is 18.9 Å². The molecule has 150 valence electrons. The molecule has 4 rings (SSSR count). The zero-order valence-corrected chi connectivity index (χ0v) is 16.8. The predicted octanol–water partition coefficient (Wildman–Crippen LogP) is 3.47. The maximum Gasteiger partial charge on any atom is 0.290 e. The molecule has 0 spiro atoms. The standard InChI is InChI=1S/C23H25N3O3/c1-3-25(4-2)13-8-14-26-20(16-9-7-12-24-15-16)19-21(27)17-10-5-6-11-18(17)29-22(19)23(26)28/h5-7,9-12,15,20H,3-4,8,13-14H2,1-2H3/t20-/m0/s1. The van der Waals surface area contributed by atoms with Crippen molar-refractivity contribution in [2.45, 2.75) is 26.3 Å². The van der Waals surface area contributed by atoms with E-state index in [1.165, 1.54) is 0 Å². The second kappa shape index (κ2) is 8.17. The highest BCUT2D eigenvalue weighted by Crippen LogP contribution is 2.37. The monoisotopic (exact) mass is 391 g/mol. The number of benzene rings is 1. The zero-order chi connectivity index (χ0) is 20.4. The Morgan fingerprint density at radius 2 is 1.90 bits per heavy atom. The highest BCUT2D eigenvalue weighted by molar-refractivity contribution is 5.99. The summed E-state index contributed by atoms with van der Waals surface area (Å²) in [5.74, 6) is -0.0679. The highest BCUT2D eigenvalue weighted by Gasteiger charge is 2.42. The fourth-order valence-electron chi connectivity index (χ4n) is 4.09. The topological polar surface area (TPSA) is 66.7 Å². The van der Waals surface area contributed by atoms with Crippen LogP contribution in [-0.4, -0.2) is 46.9 Å². The van der Waals surface area contributed by atoms with Crippen molar-refractivity contribution in [1.29, 1.82) is 0 Å². The van der Waals surface area contributed by atoms with Gasteiger partial charge in [0.05, 0.1) is 17.0 Å². The van der Waals surface area contributed by atoms with Gasteiger partial charge in [-0.2, -0.15) is 0 Å². The molecule has 6 nitrogen and oxygen atoms in total. The summed E-state index contributed by atoms with van der Waals surface area (Å²) in [6.45, 7) is 7.66. The SMILES string of the molecule is CCN(CC)CCCN1C(=O)c2oc3ccccc3c(=O)c2[C@@H]1c1cccnc1. The number of amides is 1. The molecule has 0 aliphatic carbocycles. The van der Waals surface area contributed by atoms with E-state index in [2.05, 4.69) is 23.7 Å². The predicted molar refractivity (Wildman–Crippen MR) is 112 cm³/mol. The number of fused-ring (bicyclic) bond motifs is 2. The fourth-order valence-corrected chi connectivity index (χ4v) is 4.09. The quantitative estimate of drug-likeness (QED) is 0.617. The molecule has 2 aromatic heterocycles. The molecule has 29 heavy (non-hydrogen) atoms. The molecule has 0 radical (unpaired) electrons. The van der Waals surface area contributed by atoms with Crippen molar-refractivity contribution in [3.8, 4) is 0 Å². The Morgan fingerprint density at radius 3 is 2.62 bits per heavy atom. The highest BCUT2D eigenvalue weighted by atomic mass is 16.3. The largest absolute Gasteiger partial charge is 0.450 e. The van der Waals surface area contributed by atoms with Gasteiger partial charge in [-0.25, -0.2) is 0 Å². The van der Waals surface area contributed by atoms with Crippen LogP contribution in [0.25, 0.3) is 11.0 Å². The summed E-state index contributed by atoms with van der Waals surface area (Å²) >= 11 is 0. The van der Waals surface area contributed by atoms with Gasteiger partial charge in [0.1, 0.15) is 5.58 Å². The van der Waals surface area contributed by atoms with Crippen LogP contribution in [-0.2, 0) is 0 Å². The van der Waals surface area contributed by atoms with Crippen molar-refractivity contribution in [3.05, 3.63) is 75.9 Å². The molecular formula is C23H25N3O3. The first-order valence-corrected chi connectivity index (χ1v) is 10.1.